The molecule has 0 N–H and O–H groups in total. The minimum Gasteiger partial charge on any atom is -0.300 e. The lowest BCUT2D eigenvalue weighted by Gasteiger charge is -2.18. The van der Waals surface area contributed by atoms with E-state index in [1.807, 2.05) is 0 Å². The van der Waals surface area contributed by atoms with Gasteiger partial charge in [0, 0.05) is 6.42 Å². The highest BCUT2D eigenvalue weighted by Gasteiger charge is 2.15. The number of rotatable bonds is 2. The molecule has 1 unspecified atom stereocenters. The van der Waals surface area contributed by atoms with Crippen LogP contribution in [0.3, 0.4) is 0 Å². The summed E-state index contributed by atoms with van der Waals surface area (Å²) in [5.74, 6) is 0.907. The Balaban J connectivity index is 2.38. The Kier molecular flexibility index (Phi) is 3.31. The molecular formula is C9H13BrO. The van der Waals surface area contributed by atoms with E-state index in [2.05, 4.69) is 22.0 Å². The summed E-state index contributed by atoms with van der Waals surface area (Å²) in [6.07, 6.45) is 6.31. The maximum atomic E-state index is 10.8. The van der Waals surface area contributed by atoms with Crippen LogP contribution < -0.4 is 0 Å². The third-order valence-electron chi connectivity index (χ3n) is 2.00. The Labute approximate surface area is 76.0 Å². The van der Waals surface area contributed by atoms with Gasteiger partial charge in [0.1, 0.15) is 5.78 Å². The van der Waals surface area contributed by atoms with Crippen molar-refractivity contribution in [2.24, 2.45) is 5.92 Å². The number of Topliss-reactive ketones (excluding diaryl/α,β-unsaturated/α-hetero) is 1. The Morgan fingerprint density at radius 1 is 1.82 bits per heavy atom. The average molecular weight is 217 g/mol. The van der Waals surface area contributed by atoms with Crippen molar-refractivity contribution in [3.8, 4) is 0 Å². The molecule has 1 aliphatic rings. The van der Waals surface area contributed by atoms with Crippen LogP contribution in [-0.2, 0) is 4.79 Å². The van der Waals surface area contributed by atoms with Crippen LogP contribution >= 0.6 is 15.9 Å². The smallest absolute Gasteiger partial charge is 0.130 e. The first-order chi connectivity index (χ1) is 5.18. The number of halogens is 1. The summed E-state index contributed by atoms with van der Waals surface area (Å²) in [6, 6.07) is 0. The van der Waals surface area contributed by atoms with Gasteiger partial charge in [-0.2, -0.15) is 0 Å². The molecule has 0 heterocycles. The lowest BCUT2D eigenvalue weighted by atomic mass is 9.90. The summed E-state index contributed by atoms with van der Waals surface area (Å²) in [4.78, 5) is 10.8. The zero-order chi connectivity index (χ0) is 8.27. The van der Waals surface area contributed by atoms with Gasteiger partial charge in [-0.25, -0.2) is 0 Å². The van der Waals surface area contributed by atoms with E-state index in [1.54, 1.807) is 6.92 Å². The van der Waals surface area contributed by atoms with Crippen molar-refractivity contribution in [1.82, 2.24) is 0 Å². The minimum atomic E-state index is 0.317. The van der Waals surface area contributed by atoms with Gasteiger partial charge >= 0.3 is 0 Å². The summed E-state index contributed by atoms with van der Waals surface area (Å²) in [7, 11) is 0. The van der Waals surface area contributed by atoms with Crippen molar-refractivity contribution >= 4 is 21.7 Å². The molecule has 0 aromatic rings. The molecule has 1 nitrogen and oxygen atoms in total. The highest BCUT2D eigenvalue weighted by Crippen LogP contribution is 2.29. The van der Waals surface area contributed by atoms with Crippen molar-refractivity contribution in [2.45, 2.75) is 32.6 Å². The fourth-order valence-corrected chi connectivity index (χ4v) is 2.20. The van der Waals surface area contributed by atoms with Crippen molar-refractivity contribution in [1.29, 1.82) is 0 Å². The Hall–Kier alpha value is -0.110. The molecule has 0 spiro atoms. The van der Waals surface area contributed by atoms with Crippen molar-refractivity contribution in [3.63, 3.8) is 0 Å². The Morgan fingerprint density at radius 2 is 2.55 bits per heavy atom. The highest BCUT2D eigenvalue weighted by atomic mass is 79.9. The van der Waals surface area contributed by atoms with Gasteiger partial charge in [-0.15, -0.1) is 0 Å². The van der Waals surface area contributed by atoms with Crippen molar-refractivity contribution in [2.75, 3.05) is 0 Å². The van der Waals surface area contributed by atoms with E-state index in [9.17, 15) is 4.79 Å². The number of hydrogen-bond acceptors (Lipinski definition) is 1. The highest BCUT2D eigenvalue weighted by molar-refractivity contribution is 9.11. The topological polar surface area (TPSA) is 17.1 Å². The summed E-state index contributed by atoms with van der Waals surface area (Å²) in [5.41, 5.74) is 0. The van der Waals surface area contributed by atoms with E-state index in [0.29, 0.717) is 11.7 Å². The second-order valence-electron chi connectivity index (χ2n) is 3.20. The third kappa shape index (κ3) is 3.19. The molecule has 0 radical (unpaired) electrons. The molecule has 0 bridgehead atoms. The lowest BCUT2D eigenvalue weighted by molar-refractivity contribution is -0.117. The molecular weight excluding hydrogens is 204 g/mol. The molecule has 0 aliphatic heterocycles. The fraction of sp³-hybridized carbons (Fsp3) is 0.667. The van der Waals surface area contributed by atoms with Gasteiger partial charge in [-0.1, -0.05) is 22.0 Å². The van der Waals surface area contributed by atoms with Crippen LogP contribution in [0.5, 0.6) is 0 Å². The number of carbonyl (C=O) groups is 1. The van der Waals surface area contributed by atoms with Crippen LogP contribution in [0.4, 0.5) is 0 Å². The Morgan fingerprint density at radius 3 is 3.09 bits per heavy atom. The largest absolute Gasteiger partial charge is 0.300 e. The van der Waals surface area contributed by atoms with Crippen molar-refractivity contribution < 1.29 is 4.79 Å². The van der Waals surface area contributed by atoms with Crippen LogP contribution in [0.1, 0.15) is 32.6 Å². The SMILES string of the molecule is CC(=O)CC1CCC=C(Br)C1. The second kappa shape index (κ2) is 4.05. The maximum Gasteiger partial charge on any atom is 0.130 e. The maximum absolute atomic E-state index is 10.8. The molecule has 0 saturated carbocycles. The number of hydrogen-bond donors (Lipinski definition) is 0. The van der Waals surface area contributed by atoms with E-state index in [1.165, 1.54) is 10.9 Å². The predicted molar refractivity (Wildman–Crippen MR) is 49.6 cm³/mol. The molecule has 1 rings (SSSR count). The third-order valence-corrected chi connectivity index (χ3v) is 2.65. The van der Waals surface area contributed by atoms with E-state index >= 15 is 0 Å². The number of allylic oxidation sites excluding steroid dienone is 2. The zero-order valence-electron chi connectivity index (χ0n) is 6.77. The second-order valence-corrected chi connectivity index (χ2v) is 4.22. The summed E-state index contributed by atoms with van der Waals surface area (Å²) >= 11 is 3.47. The monoisotopic (exact) mass is 216 g/mol. The van der Waals surface area contributed by atoms with Gasteiger partial charge < -0.3 is 4.79 Å². The van der Waals surface area contributed by atoms with Crippen LogP contribution in [0.25, 0.3) is 0 Å². The summed E-state index contributed by atoms with van der Waals surface area (Å²) in [5, 5.41) is 0. The van der Waals surface area contributed by atoms with E-state index in [4.69, 9.17) is 0 Å². The van der Waals surface area contributed by atoms with Crippen LogP contribution in [-0.4, -0.2) is 5.78 Å². The minimum absolute atomic E-state index is 0.317. The van der Waals surface area contributed by atoms with Gasteiger partial charge in [0.05, 0.1) is 0 Å². The van der Waals surface area contributed by atoms with Gasteiger partial charge in [0.15, 0.2) is 0 Å². The molecule has 0 saturated heterocycles. The molecule has 1 aliphatic carbocycles. The molecule has 11 heavy (non-hydrogen) atoms. The van der Waals surface area contributed by atoms with Crippen LogP contribution in [0.15, 0.2) is 10.6 Å². The molecule has 1 atom stereocenters. The molecule has 2 heteroatoms. The Bertz CT molecular complexity index is 184. The predicted octanol–water partition coefficient (Wildman–Crippen LogP) is 3.04. The van der Waals surface area contributed by atoms with Gasteiger partial charge in [-0.05, 0) is 36.6 Å². The first-order valence-corrected chi connectivity index (χ1v) is 4.81. The zero-order valence-corrected chi connectivity index (χ0v) is 8.36. The number of carbonyl (C=O) groups excluding carboxylic acids is 1. The van der Waals surface area contributed by atoms with Gasteiger partial charge in [0.25, 0.3) is 0 Å². The van der Waals surface area contributed by atoms with Gasteiger partial charge in [-0.3, -0.25) is 0 Å². The van der Waals surface area contributed by atoms with E-state index in [0.717, 1.165) is 19.3 Å². The molecule has 0 amide bonds. The fourth-order valence-electron chi connectivity index (χ4n) is 1.52. The first-order valence-electron chi connectivity index (χ1n) is 4.02. The van der Waals surface area contributed by atoms with E-state index in [-0.39, 0.29) is 0 Å². The molecule has 0 fully saturated rings. The number of ketones is 1. The first kappa shape index (κ1) is 8.98. The summed E-state index contributed by atoms with van der Waals surface area (Å²) in [6.45, 7) is 1.67. The van der Waals surface area contributed by atoms with Crippen LogP contribution in [0.2, 0.25) is 0 Å². The van der Waals surface area contributed by atoms with Crippen LogP contribution in [0, 0.1) is 5.92 Å². The lowest BCUT2D eigenvalue weighted by Crippen LogP contribution is -2.08. The molecule has 0 aromatic carbocycles. The van der Waals surface area contributed by atoms with E-state index < -0.39 is 0 Å². The summed E-state index contributed by atoms with van der Waals surface area (Å²) < 4.78 is 1.27. The quantitative estimate of drug-likeness (QED) is 0.694. The normalized spacial score (nSPS) is 24.5. The van der Waals surface area contributed by atoms with Crippen molar-refractivity contribution in [3.05, 3.63) is 10.6 Å². The van der Waals surface area contributed by atoms with Gasteiger partial charge in [0.2, 0.25) is 0 Å². The molecule has 62 valence electrons. The standard InChI is InChI=1S/C9H13BrO/c1-7(11)5-8-3-2-4-9(10)6-8/h4,8H,2-3,5-6H2,1H3. The molecule has 0 aromatic heterocycles. The average Bonchev–Trinajstić information content (AvgIpc) is 1.85.